The molecule has 0 saturated heterocycles. The third-order valence-electron chi connectivity index (χ3n) is 4.26. The van der Waals surface area contributed by atoms with Crippen molar-refractivity contribution in [3.8, 4) is 17.2 Å². The average molecular weight is 424 g/mol. The molecule has 162 valence electrons. The number of nitrogens with one attached hydrogen (secondary N) is 1. The third kappa shape index (κ3) is 5.56. The van der Waals surface area contributed by atoms with Crippen LogP contribution in [-0.4, -0.2) is 63.7 Å². The minimum atomic E-state index is -0.334. The lowest BCUT2D eigenvalue weighted by molar-refractivity contribution is -0.116. The summed E-state index contributed by atoms with van der Waals surface area (Å²) in [4.78, 5) is 26.6. The fraction of sp³-hybridized carbons (Fsp3) is 0.286. The number of likely N-dealkylation sites (N-methyl/N-ethyl adjacent to an activating group) is 1. The molecule has 0 spiro atoms. The van der Waals surface area contributed by atoms with Crippen molar-refractivity contribution in [2.45, 2.75) is 13.8 Å². The molecule has 0 aliphatic heterocycles. The summed E-state index contributed by atoms with van der Waals surface area (Å²) in [5, 5.41) is 13.8. The molecule has 10 nitrogen and oxygen atoms in total. The van der Waals surface area contributed by atoms with Gasteiger partial charge in [0.2, 0.25) is 5.91 Å². The van der Waals surface area contributed by atoms with Gasteiger partial charge in [-0.1, -0.05) is 6.07 Å². The van der Waals surface area contributed by atoms with Gasteiger partial charge in [0.1, 0.15) is 6.33 Å². The van der Waals surface area contributed by atoms with Crippen molar-refractivity contribution in [3.63, 3.8) is 0 Å². The van der Waals surface area contributed by atoms with Crippen molar-refractivity contribution >= 4 is 17.5 Å². The van der Waals surface area contributed by atoms with Gasteiger partial charge in [-0.3, -0.25) is 9.59 Å². The normalized spacial score (nSPS) is 10.4. The Kier molecular flexibility index (Phi) is 7.15. The van der Waals surface area contributed by atoms with Crippen LogP contribution in [0.1, 0.15) is 24.2 Å². The molecule has 2 amide bonds. The van der Waals surface area contributed by atoms with Gasteiger partial charge in [-0.25, -0.2) is 4.68 Å². The van der Waals surface area contributed by atoms with Crippen molar-refractivity contribution in [3.05, 3.63) is 54.4 Å². The molecule has 0 atom stereocenters. The quantitative estimate of drug-likeness (QED) is 0.560. The summed E-state index contributed by atoms with van der Waals surface area (Å²) in [6.07, 6.45) is 1.44. The zero-order valence-electron chi connectivity index (χ0n) is 17.6. The average Bonchev–Trinajstić information content (AvgIpc) is 3.30. The molecule has 1 N–H and O–H groups in total. The molecular formula is C21H24N6O4. The lowest BCUT2D eigenvalue weighted by Gasteiger charge is -2.18. The van der Waals surface area contributed by atoms with Gasteiger partial charge in [0.15, 0.2) is 11.5 Å². The summed E-state index contributed by atoms with van der Waals surface area (Å²) >= 11 is 0. The monoisotopic (exact) mass is 424 g/mol. The van der Waals surface area contributed by atoms with E-state index in [4.69, 9.17) is 9.47 Å². The maximum atomic E-state index is 12.8. The Bertz CT molecular complexity index is 1040. The highest BCUT2D eigenvalue weighted by molar-refractivity contribution is 5.99. The largest absolute Gasteiger partial charge is 0.490 e. The van der Waals surface area contributed by atoms with E-state index < -0.39 is 0 Å². The summed E-state index contributed by atoms with van der Waals surface area (Å²) in [6, 6.07) is 12.0. The predicted octanol–water partition coefficient (Wildman–Crippen LogP) is 2.17. The van der Waals surface area contributed by atoms with Crippen LogP contribution in [0.4, 0.5) is 5.69 Å². The minimum absolute atomic E-state index is 0.120. The summed E-state index contributed by atoms with van der Waals surface area (Å²) in [7, 11) is 1.56. The van der Waals surface area contributed by atoms with Crippen molar-refractivity contribution in [1.29, 1.82) is 0 Å². The predicted molar refractivity (Wildman–Crippen MR) is 114 cm³/mol. The molecule has 0 unspecified atom stereocenters. The van der Waals surface area contributed by atoms with Crippen LogP contribution in [0.25, 0.3) is 5.69 Å². The topological polar surface area (TPSA) is 111 Å². The second-order valence-corrected chi connectivity index (χ2v) is 6.54. The SMILES string of the molecule is CCOc1ccc(NC(=O)CN(C)C(=O)c2cccc(-n3cnnn3)c2)cc1OCC. The van der Waals surface area contributed by atoms with Gasteiger partial charge in [-0.2, -0.15) is 0 Å². The number of aromatic nitrogens is 4. The Balaban J connectivity index is 1.65. The first kappa shape index (κ1) is 21.8. The number of carbonyl (C=O) groups is 2. The number of ether oxygens (including phenoxy) is 2. The first-order valence-electron chi connectivity index (χ1n) is 9.80. The zero-order chi connectivity index (χ0) is 22.2. The van der Waals surface area contributed by atoms with Crippen LogP contribution < -0.4 is 14.8 Å². The number of rotatable bonds is 9. The van der Waals surface area contributed by atoms with Crippen LogP contribution in [0.3, 0.4) is 0 Å². The number of benzene rings is 2. The Morgan fingerprint density at radius 1 is 1.06 bits per heavy atom. The molecule has 0 bridgehead atoms. The Morgan fingerprint density at radius 2 is 1.84 bits per heavy atom. The van der Waals surface area contributed by atoms with E-state index in [0.717, 1.165) is 0 Å². The van der Waals surface area contributed by atoms with Gasteiger partial charge >= 0.3 is 0 Å². The summed E-state index contributed by atoms with van der Waals surface area (Å²) in [5.74, 6) is 0.522. The Morgan fingerprint density at radius 3 is 2.55 bits per heavy atom. The van der Waals surface area contributed by atoms with Crippen LogP contribution in [0, 0.1) is 0 Å². The molecule has 0 fully saturated rings. The number of amides is 2. The standard InChI is InChI=1S/C21H24N6O4/c1-4-30-18-10-9-16(12-19(18)31-5-2)23-20(28)13-26(3)21(29)15-7-6-8-17(11-15)27-14-22-24-25-27/h6-12,14H,4-5,13H2,1-3H3,(H,23,28). The maximum Gasteiger partial charge on any atom is 0.254 e. The van der Waals surface area contributed by atoms with Crippen LogP contribution >= 0.6 is 0 Å². The molecular weight excluding hydrogens is 400 g/mol. The van der Waals surface area contributed by atoms with Crippen LogP contribution in [0.15, 0.2) is 48.8 Å². The van der Waals surface area contributed by atoms with E-state index >= 15 is 0 Å². The second-order valence-electron chi connectivity index (χ2n) is 6.54. The van der Waals surface area contributed by atoms with Gasteiger partial charge in [-0.15, -0.1) is 5.10 Å². The van der Waals surface area contributed by atoms with E-state index in [1.807, 2.05) is 13.8 Å². The highest BCUT2D eigenvalue weighted by Gasteiger charge is 2.16. The van der Waals surface area contributed by atoms with E-state index in [2.05, 4.69) is 20.8 Å². The van der Waals surface area contributed by atoms with E-state index in [1.165, 1.54) is 15.9 Å². The van der Waals surface area contributed by atoms with Crippen molar-refractivity contribution in [2.24, 2.45) is 0 Å². The number of hydrogen-bond donors (Lipinski definition) is 1. The molecule has 1 aromatic heterocycles. The number of anilines is 1. The van der Waals surface area contributed by atoms with Crippen LogP contribution in [0.5, 0.6) is 11.5 Å². The van der Waals surface area contributed by atoms with E-state index in [1.54, 1.807) is 49.5 Å². The zero-order valence-corrected chi connectivity index (χ0v) is 17.6. The Labute approximate surface area is 179 Å². The van der Waals surface area contributed by atoms with Crippen molar-refractivity contribution in [2.75, 3.05) is 32.1 Å². The van der Waals surface area contributed by atoms with Crippen LogP contribution in [0.2, 0.25) is 0 Å². The molecule has 1 heterocycles. The fourth-order valence-corrected chi connectivity index (χ4v) is 2.90. The number of nitrogens with zero attached hydrogens (tertiary/aromatic N) is 5. The molecule has 0 radical (unpaired) electrons. The fourth-order valence-electron chi connectivity index (χ4n) is 2.90. The minimum Gasteiger partial charge on any atom is -0.490 e. The second kappa shape index (κ2) is 10.2. The molecule has 2 aromatic carbocycles. The van der Waals surface area contributed by atoms with Crippen molar-refractivity contribution in [1.82, 2.24) is 25.1 Å². The molecule has 10 heteroatoms. The van der Waals surface area contributed by atoms with Crippen molar-refractivity contribution < 1.29 is 19.1 Å². The molecule has 0 aliphatic rings. The Hall–Kier alpha value is -3.95. The number of carbonyl (C=O) groups excluding carboxylic acids is 2. The lowest BCUT2D eigenvalue weighted by Crippen LogP contribution is -2.35. The number of tetrazole rings is 1. The van der Waals surface area contributed by atoms with Gasteiger partial charge in [0, 0.05) is 24.4 Å². The maximum absolute atomic E-state index is 12.8. The molecule has 0 aliphatic carbocycles. The lowest BCUT2D eigenvalue weighted by atomic mass is 10.2. The molecule has 31 heavy (non-hydrogen) atoms. The van der Waals surface area contributed by atoms with Gasteiger partial charge in [-0.05, 0) is 54.6 Å². The molecule has 0 saturated carbocycles. The summed E-state index contributed by atoms with van der Waals surface area (Å²) in [6.45, 7) is 4.61. The van der Waals surface area contributed by atoms with Gasteiger partial charge in [0.25, 0.3) is 5.91 Å². The van der Waals surface area contributed by atoms with Gasteiger partial charge in [0.05, 0.1) is 25.4 Å². The highest BCUT2D eigenvalue weighted by atomic mass is 16.5. The van der Waals surface area contributed by atoms with E-state index in [0.29, 0.717) is 41.7 Å². The highest BCUT2D eigenvalue weighted by Crippen LogP contribution is 2.30. The number of hydrogen-bond acceptors (Lipinski definition) is 7. The summed E-state index contributed by atoms with van der Waals surface area (Å²) < 4.78 is 12.6. The third-order valence-corrected chi connectivity index (χ3v) is 4.26. The summed E-state index contributed by atoms with van der Waals surface area (Å²) in [5.41, 5.74) is 1.62. The van der Waals surface area contributed by atoms with Gasteiger partial charge < -0.3 is 19.7 Å². The smallest absolute Gasteiger partial charge is 0.254 e. The van der Waals surface area contributed by atoms with E-state index in [9.17, 15) is 9.59 Å². The van der Waals surface area contributed by atoms with Crippen LogP contribution in [-0.2, 0) is 4.79 Å². The first-order valence-corrected chi connectivity index (χ1v) is 9.80. The first-order chi connectivity index (χ1) is 15.0. The molecule has 3 aromatic rings. The molecule has 3 rings (SSSR count). The van der Waals surface area contributed by atoms with E-state index in [-0.39, 0.29) is 18.4 Å².